The zero-order chi connectivity index (χ0) is 18.4. The summed E-state index contributed by atoms with van der Waals surface area (Å²) in [7, 11) is -3.60. The Morgan fingerprint density at radius 2 is 1.88 bits per heavy atom. The minimum atomic E-state index is -3.60. The number of nitrogens with zero attached hydrogens (tertiary/aromatic N) is 1. The summed E-state index contributed by atoms with van der Waals surface area (Å²) in [5.41, 5.74) is 1.20. The predicted octanol–water partition coefficient (Wildman–Crippen LogP) is 2.95. The number of thioether (sulfide) groups is 1. The Morgan fingerprint density at radius 1 is 1.20 bits per heavy atom. The van der Waals surface area contributed by atoms with Gasteiger partial charge in [-0.05, 0) is 42.2 Å². The molecule has 0 unspecified atom stereocenters. The number of benzene rings is 2. The van der Waals surface area contributed by atoms with E-state index >= 15 is 0 Å². The van der Waals surface area contributed by atoms with Gasteiger partial charge in [0.2, 0.25) is 15.9 Å². The van der Waals surface area contributed by atoms with E-state index in [4.69, 9.17) is 0 Å². The van der Waals surface area contributed by atoms with Gasteiger partial charge in [0.25, 0.3) is 0 Å². The number of rotatable bonds is 7. The molecule has 0 aliphatic heterocycles. The summed E-state index contributed by atoms with van der Waals surface area (Å²) in [6.45, 7) is -0.322. The molecule has 1 N–H and O–H groups in total. The molecule has 0 aliphatic carbocycles. The molecule has 0 fully saturated rings. The first-order valence-corrected chi connectivity index (χ1v) is 10.5. The molecule has 0 bridgehead atoms. The van der Waals surface area contributed by atoms with E-state index < -0.39 is 21.7 Å². The van der Waals surface area contributed by atoms with Crippen molar-refractivity contribution in [2.75, 3.05) is 24.4 Å². The minimum Gasteiger partial charge on any atom is -0.325 e. The molecule has 1 amide bonds. The molecular formula is C17H19FN2O3S2. The van der Waals surface area contributed by atoms with Crippen LogP contribution in [0.2, 0.25) is 0 Å². The maximum atomic E-state index is 13.0. The van der Waals surface area contributed by atoms with E-state index in [0.717, 1.165) is 15.5 Å². The Balaban J connectivity index is 2.08. The lowest BCUT2D eigenvalue weighted by Gasteiger charge is -2.19. The van der Waals surface area contributed by atoms with Crippen LogP contribution in [0.4, 0.5) is 10.1 Å². The molecule has 0 atom stereocenters. The topological polar surface area (TPSA) is 66.5 Å². The van der Waals surface area contributed by atoms with E-state index in [1.807, 2.05) is 24.5 Å². The van der Waals surface area contributed by atoms with Gasteiger partial charge in [-0.15, -0.1) is 11.8 Å². The van der Waals surface area contributed by atoms with E-state index in [-0.39, 0.29) is 13.1 Å². The molecule has 8 heteroatoms. The molecule has 134 valence electrons. The van der Waals surface area contributed by atoms with Gasteiger partial charge in [0.1, 0.15) is 5.82 Å². The number of anilines is 1. The number of sulfonamides is 1. The Hall–Kier alpha value is -1.90. The highest BCUT2D eigenvalue weighted by Gasteiger charge is 2.20. The standard InChI is InChI=1S/C17H19FN2O3S2/c1-24-16-5-3-4-15(10-16)19-17(21)12-20(25(2,22)23)11-13-6-8-14(18)9-7-13/h3-10H,11-12H2,1-2H3,(H,19,21). The quantitative estimate of drug-likeness (QED) is 0.748. The van der Waals surface area contributed by atoms with Crippen molar-refractivity contribution in [3.05, 3.63) is 59.9 Å². The summed E-state index contributed by atoms with van der Waals surface area (Å²) < 4.78 is 37.9. The third kappa shape index (κ3) is 6.15. The van der Waals surface area contributed by atoms with Crippen molar-refractivity contribution in [2.24, 2.45) is 0 Å². The van der Waals surface area contributed by atoms with Crippen LogP contribution in [0.3, 0.4) is 0 Å². The van der Waals surface area contributed by atoms with Crippen LogP contribution in [-0.2, 0) is 21.4 Å². The summed E-state index contributed by atoms with van der Waals surface area (Å²) in [5, 5.41) is 2.70. The van der Waals surface area contributed by atoms with Gasteiger partial charge in [0, 0.05) is 17.1 Å². The highest BCUT2D eigenvalue weighted by Crippen LogP contribution is 2.19. The molecule has 5 nitrogen and oxygen atoms in total. The number of hydrogen-bond donors (Lipinski definition) is 1. The van der Waals surface area contributed by atoms with E-state index in [9.17, 15) is 17.6 Å². The van der Waals surface area contributed by atoms with Gasteiger partial charge >= 0.3 is 0 Å². The van der Waals surface area contributed by atoms with E-state index in [1.165, 1.54) is 24.3 Å². The monoisotopic (exact) mass is 382 g/mol. The van der Waals surface area contributed by atoms with E-state index in [2.05, 4.69) is 5.32 Å². The Kier molecular flexibility index (Phi) is 6.57. The molecule has 0 aliphatic rings. The third-order valence-corrected chi connectivity index (χ3v) is 5.34. The Bertz CT molecular complexity index is 839. The summed E-state index contributed by atoms with van der Waals surface area (Å²) in [4.78, 5) is 13.2. The number of carbonyl (C=O) groups excluding carboxylic acids is 1. The van der Waals surface area contributed by atoms with Gasteiger partial charge in [0.05, 0.1) is 12.8 Å². The highest BCUT2D eigenvalue weighted by atomic mass is 32.2. The Labute approximate surface area is 151 Å². The normalized spacial score (nSPS) is 11.5. The molecular weight excluding hydrogens is 363 g/mol. The second kappa shape index (κ2) is 8.46. The maximum absolute atomic E-state index is 13.0. The van der Waals surface area contributed by atoms with E-state index in [0.29, 0.717) is 11.3 Å². The minimum absolute atomic E-state index is 0.00259. The van der Waals surface area contributed by atoms with Crippen LogP contribution in [0.15, 0.2) is 53.4 Å². The SMILES string of the molecule is CSc1cccc(NC(=O)CN(Cc2ccc(F)cc2)S(C)(=O)=O)c1. The van der Waals surface area contributed by atoms with E-state index in [1.54, 1.807) is 17.8 Å². The maximum Gasteiger partial charge on any atom is 0.239 e. The van der Waals surface area contributed by atoms with Crippen LogP contribution in [0, 0.1) is 5.82 Å². The zero-order valence-electron chi connectivity index (χ0n) is 13.9. The molecule has 0 aromatic heterocycles. The average molecular weight is 382 g/mol. The first kappa shape index (κ1) is 19.4. The van der Waals surface area contributed by atoms with Crippen molar-refractivity contribution >= 4 is 33.4 Å². The number of halogens is 1. The molecule has 2 aromatic rings. The van der Waals surface area contributed by atoms with Crippen molar-refractivity contribution in [3.63, 3.8) is 0 Å². The number of nitrogens with one attached hydrogen (secondary N) is 1. The first-order chi connectivity index (χ1) is 11.8. The third-order valence-electron chi connectivity index (χ3n) is 3.41. The predicted molar refractivity (Wildman–Crippen MR) is 98.5 cm³/mol. The molecule has 2 rings (SSSR count). The average Bonchev–Trinajstić information content (AvgIpc) is 2.55. The molecule has 0 saturated heterocycles. The lowest BCUT2D eigenvalue weighted by molar-refractivity contribution is -0.116. The van der Waals surface area contributed by atoms with Gasteiger partial charge in [-0.25, -0.2) is 12.8 Å². The van der Waals surface area contributed by atoms with Crippen molar-refractivity contribution in [2.45, 2.75) is 11.4 Å². The van der Waals surface area contributed by atoms with Crippen molar-refractivity contribution in [1.82, 2.24) is 4.31 Å². The second-order valence-corrected chi connectivity index (χ2v) is 8.30. The number of amides is 1. The van der Waals surface area contributed by atoms with Gasteiger partial charge in [-0.3, -0.25) is 4.79 Å². The molecule has 0 saturated carbocycles. The lowest BCUT2D eigenvalue weighted by Crippen LogP contribution is -2.36. The summed E-state index contributed by atoms with van der Waals surface area (Å²) in [6.07, 6.45) is 2.97. The molecule has 0 radical (unpaired) electrons. The molecule has 25 heavy (non-hydrogen) atoms. The van der Waals surface area contributed by atoms with Crippen molar-refractivity contribution < 1.29 is 17.6 Å². The molecule has 2 aromatic carbocycles. The summed E-state index contributed by atoms with van der Waals surface area (Å²) in [5.74, 6) is -0.841. The molecule has 0 spiro atoms. The Morgan fingerprint density at radius 3 is 2.48 bits per heavy atom. The summed E-state index contributed by atoms with van der Waals surface area (Å²) in [6, 6.07) is 12.8. The van der Waals surface area contributed by atoms with Crippen LogP contribution in [0.5, 0.6) is 0 Å². The molecule has 0 heterocycles. The zero-order valence-corrected chi connectivity index (χ0v) is 15.5. The van der Waals surface area contributed by atoms with Gasteiger partial charge < -0.3 is 5.32 Å². The van der Waals surface area contributed by atoms with Gasteiger partial charge in [-0.2, -0.15) is 4.31 Å². The van der Waals surface area contributed by atoms with Gasteiger partial charge in [-0.1, -0.05) is 18.2 Å². The smallest absolute Gasteiger partial charge is 0.239 e. The summed E-state index contributed by atoms with van der Waals surface area (Å²) >= 11 is 1.54. The fourth-order valence-corrected chi connectivity index (χ4v) is 3.34. The first-order valence-electron chi connectivity index (χ1n) is 7.41. The fourth-order valence-electron chi connectivity index (χ4n) is 2.15. The van der Waals surface area contributed by atoms with Crippen LogP contribution in [-0.4, -0.2) is 37.7 Å². The van der Waals surface area contributed by atoms with Crippen molar-refractivity contribution in [3.8, 4) is 0 Å². The lowest BCUT2D eigenvalue weighted by atomic mass is 10.2. The van der Waals surface area contributed by atoms with Gasteiger partial charge in [0.15, 0.2) is 0 Å². The van der Waals surface area contributed by atoms with Crippen LogP contribution < -0.4 is 5.32 Å². The number of hydrogen-bond acceptors (Lipinski definition) is 4. The van der Waals surface area contributed by atoms with Crippen LogP contribution in [0.1, 0.15) is 5.56 Å². The number of carbonyl (C=O) groups is 1. The fraction of sp³-hybridized carbons (Fsp3) is 0.235. The van der Waals surface area contributed by atoms with Crippen molar-refractivity contribution in [1.29, 1.82) is 0 Å². The largest absolute Gasteiger partial charge is 0.325 e. The second-order valence-electron chi connectivity index (χ2n) is 5.44. The van der Waals surface area contributed by atoms with Crippen LogP contribution >= 0.6 is 11.8 Å². The van der Waals surface area contributed by atoms with Crippen LogP contribution in [0.25, 0.3) is 0 Å². The highest BCUT2D eigenvalue weighted by molar-refractivity contribution is 7.98.